The maximum Gasteiger partial charge on any atom is 0.133 e. The quantitative estimate of drug-likeness (QED) is 0.839. The standard InChI is InChI=1S/C18H21F2N/c1-4-14(13-8-6-5-7-9-13)18(21-3)16-15(19)11-10-12(2)17(16)20/h5-11,14,18,21H,4H2,1-3H3. The molecule has 0 saturated carbocycles. The van der Waals surface area contributed by atoms with Gasteiger partial charge in [-0.05, 0) is 37.6 Å². The first-order valence-electron chi connectivity index (χ1n) is 7.26. The number of halogens is 2. The van der Waals surface area contributed by atoms with Crippen molar-refractivity contribution in [3.8, 4) is 0 Å². The molecule has 0 fully saturated rings. The number of hydrogen-bond acceptors (Lipinski definition) is 1. The SMILES string of the molecule is CCC(c1ccccc1)C(NC)c1c(F)ccc(C)c1F. The minimum atomic E-state index is -0.494. The lowest BCUT2D eigenvalue weighted by Gasteiger charge is -2.28. The molecular formula is C18H21F2N. The van der Waals surface area contributed by atoms with Crippen molar-refractivity contribution in [2.24, 2.45) is 0 Å². The van der Waals surface area contributed by atoms with Gasteiger partial charge in [0.2, 0.25) is 0 Å². The van der Waals surface area contributed by atoms with Gasteiger partial charge in [-0.2, -0.15) is 0 Å². The summed E-state index contributed by atoms with van der Waals surface area (Å²) < 4.78 is 28.6. The summed E-state index contributed by atoms with van der Waals surface area (Å²) in [6.07, 6.45) is 0.794. The van der Waals surface area contributed by atoms with Crippen LogP contribution in [0.2, 0.25) is 0 Å². The monoisotopic (exact) mass is 289 g/mol. The number of benzene rings is 2. The molecule has 0 aliphatic carbocycles. The van der Waals surface area contributed by atoms with E-state index in [4.69, 9.17) is 0 Å². The van der Waals surface area contributed by atoms with Crippen LogP contribution in [0.1, 0.15) is 42.0 Å². The molecule has 0 radical (unpaired) electrons. The molecule has 2 aromatic rings. The van der Waals surface area contributed by atoms with Gasteiger partial charge in [0.05, 0.1) is 0 Å². The summed E-state index contributed by atoms with van der Waals surface area (Å²) in [5, 5.41) is 3.10. The van der Waals surface area contributed by atoms with E-state index in [2.05, 4.69) is 5.32 Å². The second kappa shape index (κ2) is 6.81. The molecule has 0 aromatic heterocycles. The maximum absolute atomic E-state index is 14.4. The highest BCUT2D eigenvalue weighted by Crippen LogP contribution is 2.36. The molecule has 0 bridgehead atoms. The molecule has 2 atom stereocenters. The van der Waals surface area contributed by atoms with Crippen molar-refractivity contribution in [1.82, 2.24) is 5.32 Å². The Morgan fingerprint density at radius 1 is 1.05 bits per heavy atom. The zero-order valence-electron chi connectivity index (χ0n) is 12.7. The molecule has 2 unspecified atom stereocenters. The van der Waals surface area contributed by atoms with Crippen molar-refractivity contribution in [1.29, 1.82) is 0 Å². The molecular weight excluding hydrogens is 268 g/mol. The van der Waals surface area contributed by atoms with Crippen LogP contribution < -0.4 is 5.32 Å². The Bertz CT molecular complexity index is 596. The summed E-state index contributed by atoms with van der Waals surface area (Å²) in [6, 6.07) is 12.3. The average Bonchev–Trinajstić information content (AvgIpc) is 2.51. The molecule has 0 saturated heterocycles. The summed E-state index contributed by atoms with van der Waals surface area (Å²) in [5.41, 5.74) is 1.68. The van der Waals surface area contributed by atoms with E-state index in [9.17, 15) is 8.78 Å². The first-order chi connectivity index (χ1) is 10.1. The maximum atomic E-state index is 14.4. The highest BCUT2D eigenvalue weighted by Gasteiger charge is 2.27. The molecule has 21 heavy (non-hydrogen) atoms. The number of rotatable bonds is 5. The van der Waals surface area contributed by atoms with E-state index in [-0.39, 0.29) is 11.5 Å². The zero-order valence-corrected chi connectivity index (χ0v) is 12.7. The minimum Gasteiger partial charge on any atom is -0.312 e. The van der Waals surface area contributed by atoms with Gasteiger partial charge in [0.25, 0.3) is 0 Å². The molecule has 0 spiro atoms. The Balaban J connectivity index is 2.51. The van der Waals surface area contributed by atoms with Crippen LogP contribution in [0, 0.1) is 18.6 Å². The van der Waals surface area contributed by atoms with Crippen molar-refractivity contribution in [2.45, 2.75) is 32.2 Å². The van der Waals surface area contributed by atoms with E-state index in [1.807, 2.05) is 37.3 Å². The van der Waals surface area contributed by atoms with Crippen molar-refractivity contribution in [3.63, 3.8) is 0 Å². The normalized spacial score (nSPS) is 14.0. The predicted octanol–water partition coefficient (Wildman–Crippen LogP) is 4.73. The Morgan fingerprint density at radius 3 is 2.29 bits per heavy atom. The van der Waals surface area contributed by atoms with Crippen molar-refractivity contribution >= 4 is 0 Å². The molecule has 0 aliphatic rings. The van der Waals surface area contributed by atoms with Gasteiger partial charge in [0.1, 0.15) is 11.6 Å². The molecule has 0 heterocycles. The summed E-state index contributed by atoms with van der Waals surface area (Å²) in [5.74, 6) is -0.933. The van der Waals surface area contributed by atoms with Gasteiger partial charge in [-0.15, -0.1) is 0 Å². The van der Waals surface area contributed by atoms with E-state index in [0.717, 1.165) is 12.0 Å². The lowest BCUT2D eigenvalue weighted by atomic mass is 9.84. The van der Waals surface area contributed by atoms with Crippen LogP contribution in [0.3, 0.4) is 0 Å². The average molecular weight is 289 g/mol. The summed E-state index contributed by atoms with van der Waals surface area (Å²) in [6.45, 7) is 3.70. The van der Waals surface area contributed by atoms with Crippen LogP contribution in [0.15, 0.2) is 42.5 Å². The van der Waals surface area contributed by atoms with Gasteiger partial charge < -0.3 is 5.32 Å². The molecule has 0 amide bonds. The van der Waals surface area contributed by atoms with Crippen LogP contribution in [0.5, 0.6) is 0 Å². The lowest BCUT2D eigenvalue weighted by molar-refractivity contribution is 0.422. The topological polar surface area (TPSA) is 12.0 Å². The first kappa shape index (κ1) is 15.6. The summed E-state index contributed by atoms with van der Waals surface area (Å²) in [4.78, 5) is 0. The van der Waals surface area contributed by atoms with Crippen LogP contribution in [0.25, 0.3) is 0 Å². The molecule has 3 heteroatoms. The Hall–Kier alpha value is -1.74. The second-order valence-electron chi connectivity index (χ2n) is 5.28. The zero-order chi connectivity index (χ0) is 15.4. The van der Waals surface area contributed by atoms with Crippen molar-refractivity contribution < 1.29 is 8.78 Å². The van der Waals surface area contributed by atoms with Crippen LogP contribution in [-0.2, 0) is 0 Å². The third kappa shape index (κ3) is 3.13. The third-order valence-electron chi connectivity index (χ3n) is 4.01. The van der Waals surface area contributed by atoms with Gasteiger partial charge in [0, 0.05) is 17.5 Å². The van der Waals surface area contributed by atoms with E-state index in [1.54, 1.807) is 14.0 Å². The molecule has 0 aliphatic heterocycles. The fraction of sp³-hybridized carbons (Fsp3) is 0.333. The van der Waals surface area contributed by atoms with E-state index in [1.165, 1.54) is 12.1 Å². The van der Waals surface area contributed by atoms with Crippen molar-refractivity contribution in [3.05, 3.63) is 70.8 Å². The predicted molar refractivity (Wildman–Crippen MR) is 82.4 cm³/mol. The molecule has 2 rings (SSSR count). The van der Waals surface area contributed by atoms with E-state index in [0.29, 0.717) is 5.56 Å². The number of aryl methyl sites for hydroxylation is 1. The molecule has 1 nitrogen and oxygen atoms in total. The molecule has 2 aromatic carbocycles. The van der Waals surface area contributed by atoms with Gasteiger partial charge in [-0.25, -0.2) is 8.78 Å². The lowest BCUT2D eigenvalue weighted by Crippen LogP contribution is -2.26. The van der Waals surface area contributed by atoms with Gasteiger partial charge in [-0.1, -0.05) is 43.3 Å². The summed E-state index contributed by atoms with van der Waals surface area (Å²) >= 11 is 0. The fourth-order valence-corrected chi connectivity index (χ4v) is 2.87. The van der Waals surface area contributed by atoms with Crippen LogP contribution in [-0.4, -0.2) is 7.05 Å². The van der Waals surface area contributed by atoms with Gasteiger partial charge in [0.15, 0.2) is 0 Å². The first-order valence-corrected chi connectivity index (χ1v) is 7.26. The van der Waals surface area contributed by atoms with Gasteiger partial charge >= 0.3 is 0 Å². The third-order valence-corrected chi connectivity index (χ3v) is 4.01. The molecule has 1 N–H and O–H groups in total. The number of nitrogens with one attached hydrogen (secondary N) is 1. The minimum absolute atomic E-state index is 0.0157. The molecule has 112 valence electrons. The number of likely N-dealkylation sites (N-methyl/N-ethyl adjacent to an activating group) is 1. The largest absolute Gasteiger partial charge is 0.312 e. The highest BCUT2D eigenvalue weighted by molar-refractivity contribution is 5.33. The van der Waals surface area contributed by atoms with Crippen LogP contribution in [0.4, 0.5) is 8.78 Å². The smallest absolute Gasteiger partial charge is 0.133 e. The Morgan fingerprint density at radius 2 is 1.71 bits per heavy atom. The Labute approximate surface area is 125 Å². The van der Waals surface area contributed by atoms with Crippen molar-refractivity contribution in [2.75, 3.05) is 7.05 Å². The van der Waals surface area contributed by atoms with Crippen LogP contribution >= 0.6 is 0 Å². The van der Waals surface area contributed by atoms with E-state index < -0.39 is 17.7 Å². The fourth-order valence-electron chi connectivity index (χ4n) is 2.87. The highest BCUT2D eigenvalue weighted by atomic mass is 19.1. The second-order valence-corrected chi connectivity index (χ2v) is 5.28. The summed E-state index contributed by atoms with van der Waals surface area (Å²) in [7, 11) is 1.75. The Kier molecular flexibility index (Phi) is 5.07. The van der Waals surface area contributed by atoms with E-state index >= 15 is 0 Å². The van der Waals surface area contributed by atoms with Gasteiger partial charge in [-0.3, -0.25) is 0 Å². The number of hydrogen-bond donors (Lipinski definition) is 1.